The Hall–Kier alpha value is -3.24. The lowest BCUT2D eigenvalue weighted by Crippen LogP contribution is -2.32. The average molecular weight is 447 g/mol. The van der Waals surface area contributed by atoms with E-state index in [1.54, 1.807) is 16.8 Å². The number of halogens is 2. The Morgan fingerprint density at radius 1 is 1.19 bits per heavy atom. The Bertz CT molecular complexity index is 1160. The lowest BCUT2D eigenvalue weighted by molar-refractivity contribution is -0.286. The Morgan fingerprint density at radius 2 is 1.94 bits per heavy atom. The fourth-order valence-corrected chi connectivity index (χ4v) is 3.95. The van der Waals surface area contributed by atoms with E-state index >= 15 is 0 Å². The number of aromatic nitrogens is 1. The number of benzene rings is 2. The summed E-state index contributed by atoms with van der Waals surface area (Å²) in [6.07, 6.45) is -1.96. The van der Waals surface area contributed by atoms with Gasteiger partial charge in [0.1, 0.15) is 0 Å². The molecule has 7 nitrogen and oxygen atoms in total. The van der Waals surface area contributed by atoms with Crippen molar-refractivity contribution in [3.63, 3.8) is 0 Å². The zero-order chi connectivity index (χ0) is 22.0. The number of alkyl halides is 2. The monoisotopic (exact) mass is 447 g/mol. The molecule has 10 heteroatoms. The normalized spacial score (nSPS) is 14.6. The van der Waals surface area contributed by atoms with Gasteiger partial charge in [-0.3, -0.25) is 4.57 Å². The van der Waals surface area contributed by atoms with Crippen LogP contribution in [-0.4, -0.2) is 40.1 Å². The molecule has 0 unspecified atom stereocenters. The van der Waals surface area contributed by atoms with E-state index in [-0.39, 0.29) is 24.7 Å². The molecule has 2 aromatic carbocycles. The van der Waals surface area contributed by atoms with E-state index in [0.29, 0.717) is 17.0 Å². The third-order valence-electron chi connectivity index (χ3n) is 4.48. The van der Waals surface area contributed by atoms with Gasteiger partial charge in [0, 0.05) is 30.2 Å². The van der Waals surface area contributed by atoms with Crippen molar-refractivity contribution in [1.82, 2.24) is 9.47 Å². The summed E-state index contributed by atoms with van der Waals surface area (Å²) in [5.74, 6) is -0.157. The highest BCUT2D eigenvalue weighted by Crippen LogP contribution is 2.41. The standard InChI is InChI=1S/C21H19F2N3O4S/c1-14-12-26(16-7-8-17-18(11-16)30-21(22,23)29-17)20(31-14)24-19(28)25(9-10-27)13-15-5-3-2-4-6-15/h2-8,11-12,27H,9-10,13H2,1H3/b24-20-. The third-order valence-corrected chi connectivity index (χ3v) is 5.38. The van der Waals surface area contributed by atoms with Gasteiger partial charge >= 0.3 is 12.3 Å². The van der Waals surface area contributed by atoms with Crippen LogP contribution in [0.5, 0.6) is 11.5 Å². The number of aryl methyl sites for hydroxylation is 1. The fourth-order valence-electron chi connectivity index (χ4n) is 3.13. The minimum absolute atomic E-state index is 0.0622. The predicted octanol–water partition coefficient (Wildman–Crippen LogP) is 3.68. The largest absolute Gasteiger partial charge is 0.586 e. The summed E-state index contributed by atoms with van der Waals surface area (Å²) in [7, 11) is 0. The van der Waals surface area contributed by atoms with Crippen molar-refractivity contribution in [2.24, 2.45) is 4.99 Å². The van der Waals surface area contributed by atoms with Crippen LogP contribution in [0.15, 0.2) is 59.7 Å². The number of hydrogen-bond donors (Lipinski definition) is 1. The Kier molecular flexibility index (Phi) is 5.75. The van der Waals surface area contributed by atoms with Gasteiger partial charge in [-0.15, -0.1) is 20.1 Å². The van der Waals surface area contributed by atoms with Crippen molar-refractivity contribution in [2.75, 3.05) is 13.2 Å². The summed E-state index contributed by atoms with van der Waals surface area (Å²) < 4.78 is 37.2. The molecule has 2 amide bonds. The first kappa shape index (κ1) is 21.0. The van der Waals surface area contributed by atoms with Crippen LogP contribution in [0.4, 0.5) is 13.6 Å². The van der Waals surface area contributed by atoms with Gasteiger partial charge < -0.3 is 19.5 Å². The first-order valence-corrected chi connectivity index (χ1v) is 10.2. The quantitative estimate of drug-likeness (QED) is 0.647. The maximum Gasteiger partial charge on any atom is 0.586 e. The maximum absolute atomic E-state index is 13.3. The van der Waals surface area contributed by atoms with Crippen LogP contribution in [-0.2, 0) is 6.54 Å². The smallest absolute Gasteiger partial charge is 0.395 e. The number of aliphatic hydroxyl groups is 1. The number of thiazole rings is 1. The minimum atomic E-state index is -3.71. The van der Waals surface area contributed by atoms with Crippen LogP contribution in [0, 0.1) is 6.92 Å². The molecule has 0 saturated carbocycles. The van der Waals surface area contributed by atoms with Crippen LogP contribution in [0.1, 0.15) is 10.4 Å². The zero-order valence-electron chi connectivity index (χ0n) is 16.5. The molecule has 0 fully saturated rings. The molecule has 0 atom stereocenters. The van der Waals surface area contributed by atoms with Gasteiger partial charge in [0.05, 0.1) is 12.3 Å². The van der Waals surface area contributed by atoms with Gasteiger partial charge in [-0.2, -0.15) is 4.99 Å². The molecule has 1 aliphatic rings. The summed E-state index contributed by atoms with van der Waals surface area (Å²) >= 11 is 1.28. The fraction of sp³-hybridized carbons (Fsp3) is 0.238. The molecule has 0 bridgehead atoms. The van der Waals surface area contributed by atoms with Crippen LogP contribution >= 0.6 is 11.3 Å². The highest BCUT2D eigenvalue weighted by Gasteiger charge is 2.43. The number of amides is 2. The summed E-state index contributed by atoms with van der Waals surface area (Å²) in [5, 5.41) is 9.37. The van der Waals surface area contributed by atoms with Gasteiger partial charge in [0.15, 0.2) is 16.3 Å². The SMILES string of the molecule is Cc1cn(-c2ccc3c(c2)OC(F)(F)O3)/c(=N/C(=O)N(CCO)Cc2ccccc2)s1. The first-order chi connectivity index (χ1) is 14.8. The molecule has 2 heterocycles. The highest BCUT2D eigenvalue weighted by atomic mass is 32.1. The van der Waals surface area contributed by atoms with Crippen molar-refractivity contribution in [1.29, 1.82) is 0 Å². The predicted molar refractivity (Wildman–Crippen MR) is 109 cm³/mol. The van der Waals surface area contributed by atoms with Crippen molar-refractivity contribution in [3.05, 3.63) is 70.0 Å². The lowest BCUT2D eigenvalue weighted by atomic mass is 10.2. The number of fused-ring (bicyclic) bond motifs is 1. The molecule has 31 heavy (non-hydrogen) atoms. The Labute approximate surface area is 180 Å². The lowest BCUT2D eigenvalue weighted by Gasteiger charge is -2.19. The molecule has 1 aliphatic heterocycles. The van der Waals surface area contributed by atoms with Gasteiger partial charge in [-0.05, 0) is 24.6 Å². The maximum atomic E-state index is 13.3. The van der Waals surface area contributed by atoms with Crippen molar-refractivity contribution >= 4 is 17.4 Å². The number of hydrogen-bond acceptors (Lipinski definition) is 5. The summed E-state index contributed by atoms with van der Waals surface area (Å²) in [6.45, 7) is 2.07. The van der Waals surface area contributed by atoms with E-state index in [1.807, 2.05) is 37.3 Å². The van der Waals surface area contributed by atoms with E-state index < -0.39 is 12.3 Å². The average Bonchev–Trinajstić information content (AvgIpc) is 3.24. The van der Waals surface area contributed by atoms with Crippen LogP contribution < -0.4 is 14.3 Å². The topological polar surface area (TPSA) is 76.3 Å². The van der Waals surface area contributed by atoms with Gasteiger partial charge in [0.25, 0.3) is 0 Å². The second kappa shape index (κ2) is 8.48. The summed E-state index contributed by atoms with van der Waals surface area (Å²) in [5.41, 5.74) is 1.40. The minimum Gasteiger partial charge on any atom is -0.395 e. The number of urea groups is 1. The Balaban J connectivity index is 1.65. The molecule has 1 aromatic heterocycles. The number of carbonyl (C=O) groups is 1. The van der Waals surface area contributed by atoms with E-state index in [2.05, 4.69) is 14.5 Å². The summed E-state index contributed by atoms with van der Waals surface area (Å²) in [6, 6.07) is 13.2. The first-order valence-electron chi connectivity index (χ1n) is 9.42. The Morgan fingerprint density at radius 3 is 2.68 bits per heavy atom. The van der Waals surface area contributed by atoms with E-state index in [9.17, 15) is 18.7 Å². The van der Waals surface area contributed by atoms with Crippen LogP contribution in [0.2, 0.25) is 0 Å². The molecule has 162 valence electrons. The van der Waals surface area contributed by atoms with Crippen molar-refractivity contribution in [2.45, 2.75) is 19.8 Å². The van der Waals surface area contributed by atoms with E-state index in [4.69, 9.17) is 0 Å². The number of carbonyl (C=O) groups excluding carboxylic acids is 1. The molecule has 0 radical (unpaired) electrons. The van der Waals surface area contributed by atoms with Crippen molar-refractivity contribution in [3.8, 4) is 17.2 Å². The molecule has 1 N–H and O–H groups in total. The van der Waals surface area contributed by atoms with E-state index in [1.165, 1.54) is 28.4 Å². The highest BCUT2D eigenvalue weighted by molar-refractivity contribution is 7.09. The van der Waals surface area contributed by atoms with Crippen LogP contribution in [0.3, 0.4) is 0 Å². The second-order valence-corrected chi connectivity index (χ2v) is 8.03. The molecule has 0 aliphatic carbocycles. The molecule has 4 rings (SSSR count). The second-order valence-electron chi connectivity index (χ2n) is 6.82. The third kappa shape index (κ3) is 4.75. The molecule has 0 saturated heterocycles. The molecule has 0 spiro atoms. The number of aliphatic hydroxyl groups excluding tert-OH is 1. The summed E-state index contributed by atoms with van der Waals surface area (Å²) in [4.78, 5) is 19.8. The van der Waals surface area contributed by atoms with E-state index in [0.717, 1.165) is 10.4 Å². The number of rotatable bonds is 5. The van der Waals surface area contributed by atoms with Crippen molar-refractivity contribution < 1.29 is 28.2 Å². The number of ether oxygens (including phenoxy) is 2. The van der Waals surface area contributed by atoms with Gasteiger partial charge in [0.2, 0.25) is 0 Å². The molecular weight excluding hydrogens is 428 g/mol. The zero-order valence-corrected chi connectivity index (χ0v) is 17.3. The molecule has 3 aromatic rings. The van der Waals surface area contributed by atoms with Gasteiger partial charge in [-0.1, -0.05) is 30.3 Å². The number of nitrogens with zero attached hydrogens (tertiary/aromatic N) is 3. The van der Waals surface area contributed by atoms with Gasteiger partial charge in [-0.25, -0.2) is 4.79 Å². The molecular formula is C21H19F2N3O4S. The van der Waals surface area contributed by atoms with Crippen LogP contribution in [0.25, 0.3) is 5.69 Å².